The van der Waals surface area contributed by atoms with Gasteiger partial charge >= 0.3 is 0 Å². The Balaban J connectivity index is 1.81. The van der Waals surface area contributed by atoms with Crippen molar-refractivity contribution >= 4 is 38.6 Å². The first-order valence-corrected chi connectivity index (χ1v) is 8.12. The fourth-order valence-corrected chi connectivity index (χ4v) is 3.19. The fraction of sp³-hybridized carbons (Fsp3) is 0.333. The fourth-order valence-electron chi connectivity index (χ4n) is 2.82. The van der Waals surface area contributed by atoms with E-state index in [2.05, 4.69) is 47.6 Å². The number of H-pyrrole nitrogens is 1. The second-order valence-corrected chi connectivity index (χ2v) is 7.00. The van der Waals surface area contributed by atoms with Crippen molar-refractivity contribution in [1.82, 2.24) is 24.7 Å². The zero-order valence-corrected chi connectivity index (χ0v) is 14.1. The van der Waals surface area contributed by atoms with Crippen molar-refractivity contribution in [2.24, 2.45) is 0 Å². The first-order chi connectivity index (χ1) is 11.0. The Morgan fingerprint density at radius 2 is 2.26 bits per heavy atom. The van der Waals surface area contributed by atoms with Gasteiger partial charge in [-0.05, 0) is 41.8 Å². The lowest BCUT2D eigenvalue weighted by molar-refractivity contribution is 0.0993. The van der Waals surface area contributed by atoms with Crippen molar-refractivity contribution in [3.8, 4) is 0 Å². The predicted octanol–water partition coefficient (Wildman–Crippen LogP) is 2.43. The van der Waals surface area contributed by atoms with Crippen LogP contribution in [0.15, 0.2) is 23.2 Å². The van der Waals surface area contributed by atoms with E-state index in [1.165, 1.54) is 6.33 Å². The van der Waals surface area contributed by atoms with E-state index in [-0.39, 0.29) is 17.7 Å². The molecule has 4 rings (SSSR count). The second kappa shape index (κ2) is 4.89. The highest BCUT2D eigenvalue weighted by Crippen LogP contribution is 2.45. The molecule has 0 spiro atoms. The van der Waals surface area contributed by atoms with Gasteiger partial charge in [-0.1, -0.05) is 0 Å². The van der Waals surface area contributed by atoms with Crippen molar-refractivity contribution in [1.29, 1.82) is 0 Å². The van der Waals surface area contributed by atoms with Gasteiger partial charge in [0.25, 0.3) is 0 Å². The van der Waals surface area contributed by atoms with Crippen LogP contribution in [-0.4, -0.2) is 30.5 Å². The number of aromatic amines is 1. The molecule has 0 unspecified atom stereocenters. The number of nitrogens with zero attached hydrogens (tertiary/aromatic N) is 4. The van der Waals surface area contributed by atoms with E-state index in [4.69, 9.17) is 5.73 Å². The van der Waals surface area contributed by atoms with E-state index in [0.717, 1.165) is 24.2 Å². The molecule has 1 fully saturated rings. The number of carbonyl (C=O) groups excluding carboxylic acids is 1. The first-order valence-electron chi connectivity index (χ1n) is 7.33. The maximum atomic E-state index is 12.8. The highest BCUT2D eigenvalue weighted by Gasteiger charge is 2.41. The second-order valence-electron chi connectivity index (χ2n) is 6.18. The maximum Gasteiger partial charge on any atom is 0.171 e. The lowest BCUT2D eigenvalue weighted by atomic mass is 10.1. The van der Waals surface area contributed by atoms with Gasteiger partial charge < -0.3 is 10.3 Å². The van der Waals surface area contributed by atoms with Gasteiger partial charge in [-0.25, -0.2) is 9.97 Å². The number of carbonyl (C=O) groups is 1. The molecule has 0 saturated heterocycles. The van der Waals surface area contributed by atoms with E-state index in [9.17, 15) is 4.79 Å². The Morgan fingerprint density at radius 1 is 1.48 bits per heavy atom. The summed E-state index contributed by atoms with van der Waals surface area (Å²) in [5.74, 6) is 0.308. The minimum Gasteiger partial charge on any atom is -0.383 e. The summed E-state index contributed by atoms with van der Waals surface area (Å²) in [6, 6.07) is 1.79. The highest BCUT2D eigenvalue weighted by atomic mass is 79.9. The molecule has 0 radical (unpaired) electrons. The van der Waals surface area contributed by atoms with Crippen LogP contribution in [0.3, 0.4) is 0 Å². The number of hydrogen-bond donors (Lipinski definition) is 2. The van der Waals surface area contributed by atoms with Gasteiger partial charge in [-0.15, -0.1) is 0 Å². The number of nitrogen functional groups attached to an aromatic ring is 1. The highest BCUT2D eigenvalue weighted by molar-refractivity contribution is 9.10. The Kier molecular flexibility index (Phi) is 3.06. The average molecular weight is 375 g/mol. The Labute approximate surface area is 140 Å². The molecular formula is C15H15BrN6O. The summed E-state index contributed by atoms with van der Waals surface area (Å²) in [5.41, 5.74) is 8.09. The predicted molar refractivity (Wildman–Crippen MR) is 89.1 cm³/mol. The van der Waals surface area contributed by atoms with Crippen LogP contribution in [0.5, 0.6) is 0 Å². The summed E-state index contributed by atoms with van der Waals surface area (Å²) in [7, 11) is 0. The number of hydrogen-bond acceptors (Lipinski definition) is 5. The number of Topliss-reactive ketones (excluding diaryl/α,β-unsaturated/α-hetero) is 1. The topological polar surface area (TPSA) is 102 Å². The van der Waals surface area contributed by atoms with Crippen LogP contribution in [0, 0.1) is 0 Å². The summed E-state index contributed by atoms with van der Waals surface area (Å²) < 4.78 is 2.74. The van der Waals surface area contributed by atoms with Gasteiger partial charge in [0.05, 0.1) is 11.8 Å². The average Bonchev–Trinajstić information content (AvgIpc) is 2.95. The Bertz CT molecular complexity index is 923. The minimum atomic E-state index is -0.0318. The largest absolute Gasteiger partial charge is 0.383 e. The number of anilines is 1. The molecule has 0 atom stereocenters. The van der Waals surface area contributed by atoms with Gasteiger partial charge in [0, 0.05) is 23.0 Å². The zero-order chi connectivity index (χ0) is 16.2. The van der Waals surface area contributed by atoms with Crippen molar-refractivity contribution in [3.05, 3.63) is 34.5 Å². The van der Waals surface area contributed by atoms with Crippen molar-refractivity contribution in [3.63, 3.8) is 0 Å². The quantitative estimate of drug-likeness (QED) is 0.682. The van der Waals surface area contributed by atoms with E-state index >= 15 is 0 Å². The molecule has 0 amide bonds. The molecule has 3 aromatic rings. The molecule has 8 heteroatoms. The molecule has 1 aliphatic carbocycles. The van der Waals surface area contributed by atoms with E-state index in [1.807, 2.05) is 6.20 Å². The van der Waals surface area contributed by atoms with Crippen LogP contribution in [0.2, 0.25) is 0 Å². The SMILES string of the molecule is CC1(n2cc(C(=O)Cc3cc(Br)n[nH]3)c3c(N)ncnc32)CC1. The van der Waals surface area contributed by atoms with Gasteiger partial charge in [0.2, 0.25) is 0 Å². The summed E-state index contributed by atoms with van der Waals surface area (Å²) in [5, 5.41) is 7.46. The lowest BCUT2D eigenvalue weighted by Gasteiger charge is -2.11. The minimum absolute atomic E-state index is 0.0224. The number of nitrogens with two attached hydrogens (primary N) is 1. The number of nitrogens with one attached hydrogen (secondary N) is 1. The number of halogens is 1. The van der Waals surface area contributed by atoms with Crippen LogP contribution >= 0.6 is 15.9 Å². The van der Waals surface area contributed by atoms with Crippen LogP contribution in [-0.2, 0) is 12.0 Å². The number of ketones is 1. The number of rotatable bonds is 4. The number of fused-ring (bicyclic) bond motifs is 1. The molecule has 0 aromatic carbocycles. The smallest absolute Gasteiger partial charge is 0.171 e. The van der Waals surface area contributed by atoms with Gasteiger partial charge in [-0.3, -0.25) is 9.89 Å². The molecule has 1 saturated carbocycles. The molecule has 23 heavy (non-hydrogen) atoms. The zero-order valence-electron chi connectivity index (χ0n) is 12.5. The normalized spacial score (nSPS) is 15.9. The van der Waals surface area contributed by atoms with E-state index in [0.29, 0.717) is 21.4 Å². The first kappa shape index (κ1) is 14.4. The van der Waals surface area contributed by atoms with Crippen LogP contribution in [0.4, 0.5) is 5.82 Å². The lowest BCUT2D eigenvalue weighted by Crippen LogP contribution is -2.11. The Morgan fingerprint density at radius 3 is 2.91 bits per heavy atom. The maximum absolute atomic E-state index is 12.8. The molecule has 0 aliphatic heterocycles. The van der Waals surface area contributed by atoms with Crippen molar-refractivity contribution in [2.45, 2.75) is 31.7 Å². The van der Waals surface area contributed by atoms with Crippen molar-refractivity contribution in [2.75, 3.05) is 5.73 Å². The van der Waals surface area contributed by atoms with Gasteiger partial charge in [0.15, 0.2) is 5.78 Å². The van der Waals surface area contributed by atoms with Crippen LogP contribution in [0.1, 0.15) is 35.8 Å². The van der Waals surface area contributed by atoms with Crippen LogP contribution < -0.4 is 5.73 Å². The summed E-state index contributed by atoms with van der Waals surface area (Å²) in [6.45, 7) is 2.16. The monoisotopic (exact) mass is 374 g/mol. The third-order valence-electron chi connectivity index (χ3n) is 4.42. The molecular weight excluding hydrogens is 360 g/mol. The molecule has 3 heterocycles. The van der Waals surface area contributed by atoms with Gasteiger partial charge in [0.1, 0.15) is 22.4 Å². The van der Waals surface area contributed by atoms with Crippen LogP contribution in [0.25, 0.3) is 11.0 Å². The summed E-state index contributed by atoms with van der Waals surface area (Å²) >= 11 is 3.27. The Hall–Kier alpha value is -2.22. The molecule has 3 aromatic heterocycles. The number of aromatic nitrogens is 5. The summed E-state index contributed by atoms with van der Waals surface area (Å²) in [4.78, 5) is 21.2. The third kappa shape index (κ3) is 2.33. The van der Waals surface area contributed by atoms with Crippen molar-refractivity contribution < 1.29 is 4.79 Å². The van der Waals surface area contributed by atoms with E-state index < -0.39 is 0 Å². The third-order valence-corrected chi connectivity index (χ3v) is 4.82. The molecule has 3 N–H and O–H groups in total. The van der Waals surface area contributed by atoms with Gasteiger partial charge in [-0.2, -0.15) is 5.10 Å². The molecule has 1 aliphatic rings. The van der Waals surface area contributed by atoms with E-state index in [1.54, 1.807) is 6.07 Å². The molecule has 7 nitrogen and oxygen atoms in total. The molecule has 118 valence electrons. The molecule has 0 bridgehead atoms. The standard InChI is InChI=1S/C15H15BrN6O/c1-15(2-3-15)22-6-9(12-13(17)18-7-19-14(12)22)10(23)4-8-5-11(16)21-20-8/h5-7H,2-4H2,1H3,(H,20,21)(H2,17,18,19). The summed E-state index contributed by atoms with van der Waals surface area (Å²) in [6.07, 6.45) is 5.68.